The molecule has 164 valence electrons. The predicted molar refractivity (Wildman–Crippen MR) is 108 cm³/mol. The second-order valence-corrected chi connectivity index (χ2v) is 7.46. The molecule has 0 aliphatic carbocycles. The number of para-hydroxylation sites is 1. The van der Waals surface area contributed by atoms with E-state index in [1.165, 1.54) is 10.5 Å². The lowest BCUT2D eigenvalue weighted by Crippen LogP contribution is -2.43. The van der Waals surface area contributed by atoms with E-state index in [4.69, 9.17) is 4.74 Å². The van der Waals surface area contributed by atoms with Crippen LogP contribution in [0.3, 0.4) is 0 Å². The molecule has 1 amide bonds. The first kappa shape index (κ1) is 21.0. The van der Waals surface area contributed by atoms with Crippen molar-refractivity contribution in [2.45, 2.75) is 25.6 Å². The molecule has 1 aliphatic rings. The molecule has 10 heteroatoms. The fraction of sp³-hybridized carbons (Fsp3) is 0.381. The summed E-state index contributed by atoms with van der Waals surface area (Å²) in [6.07, 6.45) is -2.05. The molecule has 7 nitrogen and oxygen atoms in total. The molecule has 1 N–H and O–H groups in total. The lowest BCUT2D eigenvalue weighted by Gasteiger charge is -2.32. The first-order valence-corrected chi connectivity index (χ1v) is 9.93. The summed E-state index contributed by atoms with van der Waals surface area (Å²) in [4.78, 5) is 14.6. The van der Waals surface area contributed by atoms with Gasteiger partial charge in [0.25, 0.3) is 0 Å². The van der Waals surface area contributed by atoms with Crippen LogP contribution in [0.4, 0.5) is 19.1 Å². The number of carbonyl (C=O) groups excluding carboxylic acids is 1. The number of alkyl halides is 3. The van der Waals surface area contributed by atoms with Gasteiger partial charge >= 0.3 is 6.18 Å². The monoisotopic (exact) mass is 433 g/mol. The number of fused-ring (bicyclic) bond motifs is 1. The van der Waals surface area contributed by atoms with E-state index in [9.17, 15) is 18.0 Å². The number of hydrogen-bond acceptors (Lipinski definition) is 5. The van der Waals surface area contributed by atoms with Crippen LogP contribution >= 0.6 is 0 Å². The Morgan fingerprint density at radius 1 is 1.23 bits per heavy atom. The van der Waals surface area contributed by atoms with E-state index in [0.717, 1.165) is 24.2 Å². The summed E-state index contributed by atoms with van der Waals surface area (Å²) in [6, 6.07) is 9.72. The van der Waals surface area contributed by atoms with Crippen LogP contribution in [-0.4, -0.2) is 40.7 Å². The van der Waals surface area contributed by atoms with E-state index in [0.29, 0.717) is 43.4 Å². The molecule has 1 atom stereocenters. The van der Waals surface area contributed by atoms with Gasteiger partial charge in [0.05, 0.1) is 18.6 Å². The number of methoxy groups -OCH3 is 1. The molecule has 3 heterocycles. The quantitative estimate of drug-likeness (QED) is 0.669. The van der Waals surface area contributed by atoms with Gasteiger partial charge in [-0.25, -0.2) is 0 Å². The molecule has 1 aromatic carbocycles. The number of anilines is 1. The number of ether oxygens (including phenoxy) is 1. The molecule has 31 heavy (non-hydrogen) atoms. The number of carbonyl (C=O) groups is 1. The Balaban J connectivity index is 1.48. The molecule has 3 aromatic rings. The summed E-state index contributed by atoms with van der Waals surface area (Å²) >= 11 is 0. The van der Waals surface area contributed by atoms with Crippen LogP contribution in [0.1, 0.15) is 24.0 Å². The van der Waals surface area contributed by atoms with E-state index >= 15 is 0 Å². The fourth-order valence-electron chi connectivity index (χ4n) is 3.81. The largest absolute Gasteiger partial charge is 0.496 e. The highest BCUT2D eigenvalue weighted by Gasteiger charge is 2.32. The lowest BCUT2D eigenvalue weighted by molar-refractivity contribution is -0.137. The Hall–Kier alpha value is -3.30. The number of piperidine rings is 1. The van der Waals surface area contributed by atoms with Crippen LogP contribution in [0.2, 0.25) is 0 Å². The van der Waals surface area contributed by atoms with Crippen molar-refractivity contribution in [1.29, 1.82) is 0 Å². The average Bonchev–Trinajstić information content (AvgIpc) is 3.20. The van der Waals surface area contributed by atoms with Crippen LogP contribution in [0.25, 0.3) is 5.65 Å². The third-order valence-electron chi connectivity index (χ3n) is 5.43. The zero-order valence-electron chi connectivity index (χ0n) is 16.9. The van der Waals surface area contributed by atoms with Crippen LogP contribution < -0.4 is 15.0 Å². The SMILES string of the molecule is COc1ccccc1CNC(=O)C1CCCN(c2nnc3ccc(C(F)(F)F)cn23)C1. The molecule has 2 aromatic heterocycles. The number of aromatic nitrogens is 3. The smallest absolute Gasteiger partial charge is 0.417 e. The van der Waals surface area contributed by atoms with Gasteiger partial charge in [-0.1, -0.05) is 18.2 Å². The van der Waals surface area contributed by atoms with E-state index in [1.807, 2.05) is 29.2 Å². The van der Waals surface area contributed by atoms with Crippen molar-refractivity contribution < 1.29 is 22.7 Å². The number of halogens is 3. The minimum atomic E-state index is -4.46. The molecule has 0 bridgehead atoms. The Kier molecular flexibility index (Phi) is 5.71. The molecule has 0 radical (unpaired) electrons. The number of nitrogens with zero attached hydrogens (tertiary/aromatic N) is 4. The number of nitrogens with one attached hydrogen (secondary N) is 1. The first-order valence-electron chi connectivity index (χ1n) is 9.93. The second kappa shape index (κ2) is 8.44. The zero-order valence-corrected chi connectivity index (χ0v) is 16.9. The summed E-state index contributed by atoms with van der Waals surface area (Å²) in [5, 5.41) is 11.0. The third-order valence-corrected chi connectivity index (χ3v) is 5.43. The van der Waals surface area contributed by atoms with Gasteiger partial charge in [-0.3, -0.25) is 9.20 Å². The Morgan fingerprint density at radius 2 is 2.03 bits per heavy atom. The summed E-state index contributed by atoms with van der Waals surface area (Å²) in [7, 11) is 1.58. The van der Waals surface area contributed by atoms with Crippen LogP contribution in [0.15, 0.2) is 42.6 Å². The first-order chi connectivity index (χ1) is 14.9. The highest BCUT2D eigenvalue weighted by atomic mass is 19.4. The Labute approximate surface area is 176 Å². The number of rotatable bonds is 5. The molecular weight excluding hydrogens is 411 g/mol. The Morgan fingerprint density at radius 3 is 2.81 bits per heavy atom. The van der Waals surface area contributed by atoms with Crippen LogP contribution in [0.5, 0.6) is 5.75 Å². The third kappa shape index (κ3) is 4.42. The molecule has 4 rings (SSSR count). The summed E-state index contributed by atoms with van der Waals surface area (Å²) in [5.74, 6) is 0.591. The van der Waals surface area contributed by atoms with Gasteiger partial charge in [0.1, 0.15) is 5.75 Å². The summed E-state index contributed by atoms with van der Waals surface area (Å²) in [5.41, 5.74) is 0.420. The van der Waals surface area contributed by atoms with Crippen molar-refractivity contribution in [2.24, 2.45) is 5.92 Å². The molecule has 1 unspecified atom stereocenters. The van der Waals surface area contributed by atoms with E-state index in [-0.39, 0.29) is 11.8 Å². The summed E-state index contributed by atoms with van der Waals surface area (Å²) in [6.45, 7) is 1.28. The maximum absolute atomic E-state index is 13.1. The molecule has 1 aliphatic heterocycles. The number of benzene rings is 1. The van der Waals surface area contributed by atoms with E-state index < -0.39 is 11.7 Å². The fourth-order valence-corrected chi connectivity index (χ4v) is 3.81. The maximum Gasteiger partial charge on any atom is 0.417 e. The molecule has 1 fully saturated rings. The van der Waals surface area contributed by atoms with E-state index in [2.05, 4.69) is 15.5 Å². The Bertz CT molecular complexity index is 1080. The van der Waals surface area contributed by atoms with Gasteiger partial charge in [0.15, 0.2) is 5.65 Å². The standard InChI is InChI=1S/C21H22F3N5O2/c1-31-17-7-3-2-5-14(17)11-25-19(30)15-6-4-10-28(12-15)20-27-26-18-9-8-16(13-29(18)20)21(22,23)24/h2-3,5,7-9,13,15H,4,6,10-12H2,1H3,(H,25,30). The second-order valence-electron chi connectivity index (χ2n) is 7.46. The maximum atomic E-state index is 13.1. The lowest BCUT2D eigenvalue weighted by atomic mass is 9.97. The number of hydrogen-bond donors (Lipinski definition) is 1. The number of amides is 1. The average molecular weight is 433 g/mol. The normalized spacial score (nSPS) is 17.0. The van der Waals surface area contributed by atoms with Crippen molar-refractivity contribution in [2.75, 3.05) is 25.1 Å². The van der Waals surface area contributed by atoms with Crippen LogP contribution in [0, 0.1) is 5.92 Å². The molecule has 1 saturated heterocycles. The zero-order chi connectivity index (χ0) is 22.0. The van der Waals surface area contributed by atoms with Crippen molar-refractivity contribution in [1.82, 2.24) is 19.9 Å². The summed E-state index contributed by atoms with van der Waals surface area (Å²) < 4.78 is 46.0. The van der Waals surface area contributed by atoms with Gasteiger partial charge in [-0.2, -0.15) is 13.2 Å². The van der Waals surface area contributed by atoms with Gasteiger partial charge in [0.2, 0.25) is 11.9 Å². The molecule has 0 saturated carbocycles. The van der Waals surface area contributed by atoms with Crippen molar-refractivity contribution >= 4 is 17.5 Å². The molecule has 0 spiro atoms. The minimum absolute atomic E-state index is 0.111. The molecular formula is C21H22F3N5O2. The van der Waals surface area contributed by atoms with Crippen molar-refractivity contribution in [3.63, 3.8) is 0 Å². The minimum Gasteiger partial charge on any atom is -0.496 e. The highest BCUT2D eigenvalue weighted by molar-refractivity contribution is 5.79. The predicted octanol–water partition coefficient (Wildman–Crippen LogP) is 3.29. The van der Waals surface area contributed by atoms with E-state index in [1.54, 1.807) is 7.11 Å². The van der Waals surface area contributed by atoms with Gasteiger partial charge in [-0.05, 0) is 31.0 Å². The van der Waals surface area contributed by atoms with Crippen LogP contribution in [-0.2, 0) is 17.5 Å². The van der Waals surface area contributed by atoms with Crippen molar-refractivity contribution in [3.8, 4) is 5.75 Å². The van der Waals surface area contributed by atoms with Gasteiger partial charge < -0.3 is 15.0 Å². The highest BCUT2D eigenvalue weighted by Crippen LogP contribution is 2.30. The van der Waals surface area contributed by atoms with Gasteiger partial charge in [0, 0.05) is 31.4 Å². The van der Waals surface area contributed by atoms with Gasteiger partial charge in [-0.15, -0.1) is 10.2 Å². The van der Waals surface area contributed by atoms with Crippen molar-refractivity contribution in [3.05, 3.63) is 53.7 Å². The number of pyridine rings is 1. The topological polar surface area (TPSA) is 71.8 Å².